The zero-order valence-electron chi connectivity index (χ0n) is 16.9. The molecule has 0 spiro atoms. The molecule has 0 aliphatic heterocycles. The molecule has 3 fully saturated rings. The quantitative estimate of drug-likeness (QED) is 0.684. The molecule has 8 atom stereocenters. The minimum atomic E-state index is -0.507. The highest BCUT2D eigenvalue weighted by Crippen LogP contribution is 2.76. The number of carbonyl (C=O) groups is 1. The maximum absolute atomic E-state index is 13.0. The van der Waals surface area contributed by atoms with Crippen LogP contribution in [0.15, 0.2) is 23.3 Å². The van der Waals surface area contributed by atoms with Crippen molar-refractivity contribution in [2.75, 3.05) is 6.61 Å². The Morgan fingerprint density at radius 1 is 1.31 bits per heavy atom. The number of ketones is 1. The molecule has 26 heavy (non-hydrogen) atoms. The zero-order chi connectivity index (χ0) is 18.3. The molecule has 142 valence electrons. The number of Topliss-reactive ketones (excluding diaryl/α,β-unsaturated/α-hetero) is 1. The summed E-state index contributed by atoms with van der Waals surface area (Å²) >= 11 is 0. The first-order valence-corrected chi connectivity index (χ1v) is 11.0. The zero-order valence-corrected chi connectivity index (χ0v) is 16.9. The second kappa shape index (κ2) is 5.56. The third-order valence-corrected chi connectivity index (χ3v) is 9.11. The van der Waals surface area contributed by atoms with Crippen LogP contribution in [0.1, 0.15) is 66.2 Å². The predicted molar refractivity (Wildman–Crippen MR) is 104 cm³/mol. The third-order valence-electron chi connectivity index (χ3n) is 9.11. The highest BCUT2D eigenvalue weighted by Gasteiger charge is 2.78. The van der Waals surface area contributed by atoms with Gasteiger partial charge < -0.3 is 4.74 Å². The summed E-state index contributed by atoms with van der Waals surface area (Å²) in [6.45, 7) is 9.27. The van der Waals surface area contributed by atoms with Gasteiger partial charge >= 0.3 is 0 Å². The van der Waals surface area contributed by atoms with Gasteiger partial charge in [0.1, 0.15) is 5.60 Å². The molecule has 2 nitrogen and oxygen atoms in total. The summed E-state index contributed by atoms with van der Waals surface area (Å²) < 4.78 is 6.41. The molecule has 5 rings (SSSR count). The largest absolute Gasteiger partial charge is 0.367 e. The van der Waals surface area contributed by atoms with Gasteiger partial charge in [-0.1, -0.05) is 24.6 Å². The van der Waals surface area contributed by atoms with Gasteiger partial charge in [0.15, 0.2) is 5.78 Å². The van der Waals surface area contributed by atoms with Crippen LogP contribution in [0.5, 0.6) is 0 Å². The van der Waals surface area contributed by atoms with Crippen molar-refractivity contribution in [2.24, 2.45) is 40.9 Å². The standard InChI is InChI=1S/C24H34O2/c1-5-26-24(15(3)25)21-13-20(21)22-19-12-14(2)16-8-6-7-9-17(16)18(19)10-11-23(22,24)4/h8,12,17-22H,5-7,9-11,13H2,1-4H3/t17-,18+,19+,20+,21-,22+,23-,24+/m0/s1. The molecule has 0 heterocycles. The summed E-state index contributed by atoms with van der Waals surface area (Å²) in [6.07, 6.45) is 12.8. The molecule has 0 aromatic rings. The van der Waals surface area contributed by atoms with Crippen molar-refractivity contribution in [3.05, 3.63) is 23.3 Å². The maximum atomic E-state index is 13.0. The van der Waals surface area contributed by atoms with Crippen molar-refractivity contribution in [3.8, 4) is 0 Å². The van der Waals surface area contributed by atoms with E-state index in [1.165, 1.54) is 44.1 Å². The summed E-state index contributed by atoms with van der Waals surface area (Å²) in [5.74, 6) is 4.36. The molecule has 0 amide bonds. The summed E-state index contributed by atoms with van der Waals surface area (Å²) in [6, 6.07) is 0. The fraction of sp³-hybridized carbons (Fsp3) is 0.792. The molecule has 2 heteroatoms. The molecule has 0 bridgehead atoms. The van der Waals surface area contributed by atoms with E-state index in [0.29, 0.717) is 36.1 Å². The summed E-state index contributed by atoms with van der Waals surface area (Å²) in [5.41, 5.74) is 2.71. The molecule has 0 saturated heterocycles. The lowest BCUT2D eigenvalue weighted by Crippen LogP contribution is -2.59. The van der Waals surface area contributed by atoms with Gasteiger partial charge in [-0.15, -0.1) is 0 Å². The maximum Gasteiger partial charge on any atom is 0.162 e. The van der Waals surface area contributed by atoms with Gasteiger partial charge in [-0.2, -0.15) is 0 Å². The van der Waals surface area contributed by atoms with Crippen molar-refractivity contribution >= 4 is 5.78 Å². The van der Waals surface area contributed by atoms with Gasteiger partial charge in [0.2, 0.25) is 0 Å². The molecule has 0 aromatic carbocycles. The molecule has 0 N–H and O–H groups in total. The highest BCUT2D eigenvalue weighted by atomic mass is 16.5. The van der Waals surface area contributed by atoms with Gasteiger partial charge in [-0.3, -0.25) is 4.79 Å². The van der Waals surface area contributed by atoms with E-state index in [-0.39, 0.29) is 5.41 Å². The fourth-order valence-corrected chi connectivity index (χ4v) is 8.36. The summed E-state index contributed by atoms with van der Waals surface area (Å²) in [5, 5.41) is 0. The van der Waals surface area contributed by atoms with Crippen molar-refractivity contribution in [1.29, 1.82) is 0 Å². The predicted octanol–water partition coefficient (Wildman–Crippen LogP) is 5.34. The number of rotatable bonds is 3. The van der Waals surface area contributed by atoms with E-state index in [1.54, 1.807) is 12.5 Å². The smallest absolute Gasteiger partial charge is 0.162 e. The van der Waals surface area contributed by atoms with E-state index in [2.05, 4.69) is 32.9 Å². The van der Waals surface area contributed by atoms with Crippen LogP contribution in [0.2, 0.25) is 0 Å². The Hall–Kier alpha value is -0.890. The van der Waals surface area contributed by atoms with Gasteiger partial charge in [-0.25, -0.2) is 0 Å². The Morgan fingerprint density at radius 3 is 2.85 bits per heavy atom. The van der Waals surface area contributed by atoms with E-state index in [1.807, 2.05) is 0 Å². The van der Waals surface area contributed by atoms with Gasteiger partial charge in [0, 0.05) is 12.0 Å². The number of hydrogen-bond acceptors (Lipinski definition) is 2. The average molecular weight is 355 g/mol. The van der Waals surface area contributed by atoms with Crippen LogP contribution in [0.25, 0.3) is 0 Å². The Balaban J connectivity index is 1.60. The van der Waals surface area contributed by atoms with Crippen LogP contribution < -0.4 is 0 Å². The number of ether oxygens (including phenoxy) is 1. The van der Waals surface area contributed by atoms with E-state index in [4.69, 9.17) is 4.74 Å². The Morgan fingerprint density at radius 2 is 2.12 bits per heavy atom. The number of carbonyl (C=O) groups excluding carboxylic acids is 1. The van der Waals surface area contributed by atoms with Gasteiger partial charge in [0.25, 0.3) is 0 Å². The Kier molecular flexibility index (Phi) is 3.69. The normalized spacial score (nSPS) is 51.4. The van der Waals surface area contributed by atoms with Crippen LogP contribution in [0, 0.1) is 40.9 Å². The van der Waals surface area contributed by atoms with Crippen molar-refractivity contribution in [3.63, 3.8) is 0 Å². The number of hydrogen-bond donors (Lipinski definition) is 0. The molecule has 3 saturated carbocycles. The van der Waals surface area contributed by atoms with Gasteiger partial charge in [-0.05, 0) is 100 Å². The fourth-order valence-electron chi connectivity index (χ4n) is 8.36. The molecule has 5 aliphatic carbocycles. The third kappa shape index (κ3) is 1.90. The number of fused-ring (bicyclic) bond motifs is 7. The average Bonchev–Trinajstić information content (AvgIpc) is 3.35. The molecule has 0 aromatic heterocycles. The second-order valence-corrected chi connectivity index (χ2v) is 10.0. The van der Waals surface area contributed by atoms with Crippen LogP contribution >= 0.6 is 0 Å². The van der Waals surface area contributed by atoms with Crippen molar-refractivity contribution < 1.29 is 9.53 Å². The molecule has 5 aliphatic rings. The van der Waals surface area contributed by atoms with Crippen LogP contribution in [-0.4, -0.2) is 18.0 Å². The first-order chi connectivity index (χ1) is 12.5. The van der Waals surface area contributed by atoms with E-state index >= 15 is 0 Å². The molecule has 0 unspecified atom stereocenters. The minimum Gasteiger partial charge on any atom is -0.367 e. The first-order valence-electron chi connectivity index (χ1n) is 11.0. The molecule has 0 radical (unpaired) electrons. The van der Waals surface area contributed by atoms with Crippen molar-refractivity contribution in [2.45, 2.75) is 71.8 Å². The summed E-state index contributed by atoms with van der Waals surface area (Å²) in [7, 11) is 0. The Labute approximate surface area is 158 Å². The van der Waals surface area contributed by atoms with E-state index in [0.717, 1.165) is 11.8 Å². The lowest BCUT2D eigenvalue weighted by molar-refractivity contribution is -0.179. The SMILES string of the molecule is CCO[C@]1(C(C)=O)[C@H]2C[C@H]2[C@H]2[C@@H]3C=C(C)C4=CCCC[C@@H]4[C@H]3CC[C@@]21C. The van der Waals surface area contributed by atoms with Crippen LogP contribution in [-0.2, 0) is 9.53 Å². The first kappa shape index (κ1) is 17.2. The minimum absolute atomic E-state index is 0.0241. The van der Waals surface area contributed by atoms with E-state index in [9.17, 15) is 4.79 Å². The lowest BCUT2D eigenvalue weighted by Gasteiger charge is -2.56. The Bertz CT molecular complexity index is 703. The highest BCUT2D eigenvalue weighted by molar-refractivity contribution is 5.88. The summed E-state index contributed by atoms with van der Waals surface area (Å²) in [4.78, 5) is 13.0. The molecular formula is C24H34O2. The lowest BCUT2D eigenvalue weighted by atomic mass is 9.49. The second-order valence-electron chi connectivity index (χ2n) is 10.0. The van der Waals surface area contributed by atoms with Crippen LogP contribution in [0.3, 0.4) is 0 Å². The monoisotopic (exact) mass is 354 g/mol. The van der Waals surface area contributed by atoms with E-state index < -0.39 is 5.60 Å². The van der Waals surface area contributed by atoms with Crippen molar-refractivity contribution in [1.82, 2.24) is 0 Å². The topological polar surface area (TPSA) is 26.3 Å². The molecular weight excluding hydrogens is 320 g/mol. The van der Waals surface area contributed by atoms with Crippen LogP contribution in [0.4, 0.5) is 0 Å². The van der Waals surface area contributed by atoms with Gasteiger partial charge in [0.05, 0.1) is 0 Å². The number of allylic oxidation sites excluding steroid dienone is 4.